The van der Waals surface area contributed by atoms with E-state index in [-0.39, 0.29) is 5.41 Å². The molecule has 2 aliphatic rings. The maximum atomic E-state index is 5.11. The number of pyridine rings is 1. The van der Waals surface area contributed by atoms with Crippen LogP contribution in [0, 0.1) is 5.92 Å². The summed E-state index contributed by atoms with van der Waals surface area (Å²) in [6, 6.07) is 4.84. The Morgan fingerprint density at radius 1 is 1.17 bits per heavy atom. The normalized spacial score (nSPS) is 27.1. The van der Waals surface area contributed by atoms with Crippen LogP contribution in [-0.4, -0.2) is 38.1 Å². The van der Waals surface area contributed by atoms with Gasteiger partial charge < -0.3 is 0 Å². The van der Waals surface area contributed by atoms with E-state index < -0.39 is 18.4 Å². The molecule has 0 spiro atoms. The third-order valence-electron chi connectivity index (χ3n) is 5.70. The number of hydrogen-bond acceptors (Lipinski definition) is 3. The second-order valence-corrected chi connectivity index (χ2v) is 23.4. The zero-order chi connectivity index (χ0) is 17.1. The Morgan fingerprint density at radius 2 is 1.88 bits per heavy atom. The number of nitrogens with zero attached hydrogens (tertiary/aromatic N) is 4. The van der Waals surface area contributed by atoms with Gasteiger partial charge in [-0.2, -0.15) is 0 Å². The third kappa shape index (κ3) is 2.71. The fourth-order valence-corrected chi connectivity index (χ4v) is 7.20. The number of aromatic nitrogens is 4. The van der Waals surface area contributed by atoms with Gasteiger partial charge in [0.2, 0.25) is 0 Å². The molecule has 0 bridgehead atoms. The van der Waals surface area contributed by atoms with Crippen LogP contribution in [0.15, 0.2) is 18.5 Å². The van der Waals surface area contributed by atoms with Crippen molar-refractivity contribution in [2.45, 2.75) is 58.8 Å². The van der Waals surface area contributed by atoms with E-state index in [0.29, 0.717) is 5.92 Å². The van der Waals surface area contributed by atoms with E-state index in [4.69, 9.17) is 4.98 Å². The van der Waals surface area contributed by atoms with Gasteiger partial charge in [-0.05, 0) is 0 Å². The zero-order valence-corrected chi connectivity index (χ0v) is 18.4. The standard InChI is InChI=1S/C16H19N4.3CH3.Sn/c1-11-8-16(9-11,15-19-18-10-20(15)2)13-5-6-17-14(7-13)12-3-4-12;;;;/h5,7,10-12H,3-4,8-9H2,1-2H3;3*1H3;. The van der Waals surface area contributed by atoms with Crippen LogP contribution in [-0.2, 0) is 12.5 Å². The van der Waals surface area contributed by atoms with E-state index in [0.717, 1.165) is 11.7 Å². The molecule has 5 heteroatoms. The molecule has 0 aromatic carbocycles. The molecule has 4 nitrogen and oxygen atoms in total. The number of hydrogen-bond donors (Lipinski definition) is 0. The van der Waals surface area contributed by atoms with Crippen molar-refractivity contribution >= 4 is 22.1 Å². The van der Waals surface area contributed by atoms with E-state index in [1.807, 2.05) is 6.33 Å². The summed E-state index contributed by atoms with van der Waals surface area (Å²) in [6.45, 7) is 2.35. The van der Waals surface area contributed by atoms with Crippen LogP contribution in [0.3, 0.4) is 0 Å². The first kappa shape index (κ1) is 16.6. The molecule has 2 saturated carbocycles. The summed E-state index contributed by atoms with van der Waals surface area (Å²) in [7, 11) is 2.08. The predicted molar refractivity (Wildman–Crippen MR) is 99.4 cm³/mol. The first-order chi connectivity index (χ1) is 11.3. The summed E-state index contributed by atoms with van der Waals surface area (Å²) < 4.78 is 3.54. The molecule has 2 aliphatic carbocycles. The number of rotatable bonds is 4. The SMILES string of the molecule is CC1CC(c2cc(C3CC3)n[c]([Sn]([CH3])([CH3])[CH3])c2)(c2nncn2C)C1. The van der Waals surface area contributed by atoms with Crippen molar-refractivity contribution < 1.29 is 0 Å². The van der Waals surface area contributed by atoms with Crippen LogP contribution < -0.4 is 3.71 Å². The summed E-state index contributed by atoms with van der Waals surface area (Å²) in [6.07, 6.45) is 6.80. The van der Waals surface area contributed by atoms with E-state index in [2.05, 4.69) is 55.7 Å². The number of aryl methyl sites for hydroxylation is 1. The van der Waals surface area contributed by atoms with Gasteiger partial charge in [0.25, 0.3) is 0 Å². The van der Waals surface area contributed by atoms with Crippen LogP contribution in [0.1, 0.15) is 55.6 Å². The molecule has 128 valence electrons. The molecular formula is C19H28N4Sn. The molecule has 0 aliphatic heterocycles. The molecular weight excluding hydrogens is 403 g/mol. The van der Waals surface area contributed by atoms with Crippen LogP contribution in [0.25, 0.3) is 0 Å². The first-order valence-corrected chi connectivity index (χ1v) is 19.2. The van der Waals surface area contributed by atoms with Crippen molar-refractivity contribution in [3.8, 4) is 0 Å². The molecule has 2 aromatic rings. The van der Waals surface area contributed by atoms with Crippen molar-refractivity contribution in [1.82, 2.24) is 19.7 Å². The van der Waals surface area contributed by atoms with Gasteiger partial charge in [0.1, 0.15) is 0 Å². The molecule has 0 atom stereocenters. The molecule has 0 saturated heterocycles. The average Bonchev–Trinajstić information content (AvgIpc) is 3.25. The van der Waals surface area contributed by atoms with Crippen molar-refractivity contribution in [3.63, 3.8) is 0 Å². The van der Waals surface area contributed by atoms with Crippen molar-refractivity contribution in [1.29, 1.82) is 0 Å². The topological polar surface area (TPSA) is 43.6 Å². The average molecular weight is 431 g/mol. The second-order valence-electron chi connectivity index (χ2n) is 9.05. The second kappa shape index (κ2) is 5.55. The Bertz CT molecular complexity index is 764. The van der Waals surface area contributed by atoms with Gasteiger partial charge in [-0.1, -0.05) is 0 Å². The summed E-state index contributed by atoms with van der Waals surface area (Å²) in [5.74, 6) is 2.58. The first-order valence-electron chi connectivity index (χ1n) is 9.17. The van der Waals surface area contributed by atoms with E-state index in [1.165, 1.54) is 40.7 Å². The Morgan fingerprint density at radius 3 is 2.38 bits per heavy atom. The Balaban J connectivity index is 1.87. The maximum absolute atomic E-state index is 5.11. The molecule has 0 amide bonds. The fraction of sp³-hybridized carbons (Fsp3) is 0.632. The quantitative estimate of drug-likeness (QED) is 0.698. The van der Waals surface area contributed by atoms with Crippen molar-refractivity contribution in [2.24, 2.45) is 13.0 Å². The van der Waals surface area contributed by atoms with Gasteiger partial charge >= 0.3 is 149 Å². The summed E-state index contributed by atoms with van der Waals surface area (Å²) >= 11 is -2.23. The molecule has 0 radical (unpaired) electrons. The summed E-state index contributed by atoms with van der Waals surface area (Å²) in [5.41, 5.74) is 2.84. The predicted octanol–water partition coefficient (Wildman–Crippen LogP) is 3.35. The Kier molecular flexibility index (Phi) is 3.82. The van der Waals surface area contributed by atoms with Gasteiger partial charge in [0, 0.05) is 0 Å². The van der Waals surface area contributed by atoms with Gasteiger partial charge in [0.15, 0.2) is 0 Å². The van der Waals surface area contributed by atoms with Gasteiger partial charge in [-0.25, -0.2) is 0 Å². The monoisotopic (exact) mass is 432 g/mol. The van der Waals surface area contributed by atoms with Gasteiger partial charge in [-0.3, -0.25) is 0 Å². The van der Waals surface area contributed by atoms with E-state index in [9.17, 15) is 0 Å². The molecule has 2 aromatic heterocycles. The molecule has 0 N–H and O–H groups in total. The van der Waals surface area contributed by atoms with Crippen LogP contribution in [0.2, 0.25) is 14.8 Å². The summed E-state index contributed by atoms with van der Waals surface area (Å²) in [4.78, 5) is 12.5. The minimum absolute atomic E-state index is 0.0448. The van der Waals surface area contributed by atoms with Crippen LogP contribution >= 0.6 is 0 Å². The van der Waals surface area contributed by atoms with Crippen LogP contribution in [0.4, 0.5) is 0 Å². The van der Waals surface area contributed by atoms with Crippen LogP contribution in [0.5, 0.6) is 0 Å². The van der Waals surface area contributed by atoms with E-state index in [1.54, 1.807) is 0 Å². The minimum atomic E-state index is -2.23. The van der Waals surface area contributed by atoms with Gasteiger partial charge in [0.05, 0.1) is 0 Å². The third-order valence-corrected chi connectivity index (χ3v) is 10.8. The van der Waals surface area contributed by atoms with Crippen molar-refractivity contribution in [2.75, 3.05) is 0 Å². The van der Waals surface area contributed by atoms with Gasteiger partial charge in [-0.15, -0.1) is 0 Å². The Hall–Kier alpha value is -0.911. The molecule has 4 rings (SSSR count). The molecule has 0 unspecified atom stereocenters. The zero-order valence-electron chi connectivity index (χ0n) is 15.5. The van der Waals surface area contributed by atoms with Crippen molar-refractivity contribution in [3.05, 3.63) is 35.5 Å². The molecule has 2 fully saturated rings. The molecule has 24 heavy (non-hydrogen) atoms. The summed E-state index contributed by atoms with van der Waals surface area (Å²) in [5, 5.41) is 8.68. The molecule has 2 heterocycles. The fourth-order valence-electron chi connectivity index (χ4n) is 4.19. The van der Waals surface area contributed by atoms with E-state index >= 15 is 0 Å². The Labute approximate surface area is 149 Å².